The molecule has 8 aromatic carbocycles. The fraction of sp³-hybridized carbons (Fsp3) is 0.135. The van der Waals surface area contributed by atoms with E-state index in [1.54, 1.807) is 16.7 Å². The van der Waals surface area contributed by atoms with Crippen LogP contribution < -0.4 is 32.9 Å². The Hall–Kier alpha value is -5.87. The van der Waals surface area contributed by atoms with Crippen molar-refractivity contribution in [3.8, 4) is 45.0 Å². The van der Waals surface area contributed by atoms with Gasteiger partial charge >= 0.3 is 145 Å². The molecule has 2 radical (unpaired) electrons. The van der Waals surface area contributed by atoms with Gasteiger partial charge in [0.15, 0.2) is 0 Å². The number of anilines is 4. The molecule has 10 aromatic rings. The van der Waals surface area contributed by atoms with Crippen LogP contribution in [0.1, 0.15) is 58.4 Å². The van der Waals surface area contributed by atoms with Gasteiger partial charge in [-0.25, -0.2) is 9.36 Å². The van der Waals surface area contributed by atoms with E-state index < -0.39 is 69.9 Å². The zero-order valence-corrected chi connectivity index (χ0v) is 86.2. The van der Waals surface area contributed by atoms with Crippen molar-refractivity contribution in [3.05, 3.63) is 284 Å². The van der Waals surface area contributed by atoms with E-state index in [-0.39, 0.29) is 115 Å². The number of para-hydroxylation sites is 4. The second-order valence-electron chi connectivity index (χ2n) is 22.5. The minimum atomic E-state index is -1.11. The zero-order valence-electron chi connectivity index (χ0n) is 62.1. The summed E-state index contributed by atoms with van der Waals surface area (Å²) >= 11 is 8.60. The molecule has 0 unspecified atom stereocenters. The van der Waals surface area contributed by atoms with Crippen LogP contribution in [-0.2, 0) is 176 Å². The SMILES string of the molecule is CC(=O)N1Cc2ccccc2-c2c(nnn2CC(=O)O)-c2ccccc21.CC(=O)N1Cc2ccccc2/C=C\c2ccccc21.II.I[I-]I.O=[C-]N1Cc2ccccc2-c2c(nnn2CC(=O)O)-c2ccccc21.O=[C-]N1Cc2ccccc2/C=C\c2ccccc21.[Cl][Pt+2][Cl].[Cl][Pt+2][Cl].[N-]=[N+]=NCC(=O)O.[N-]=[N+]=NCC(=O)O.[NH2-].[NH2-].[NH2-].[NH2-].[Y].[Y]. The number of nitrogens with two attached hydrogens (primary N) is 4. The summed E-state index contributed by atoms with van der Waals surface area (Å²) in [7, 11) is 19.5. The second-order valence-corrected chi connectivity index (χ2v) is 45.3. The Labute approximate surface area is 821 Å². The Balaban J connectivity index is 0. The third kappa shape index (κ3) is 36.1. The van der Waals surface area contributed by atoms with Gasteiger partial charge in [-0.15, -0.1) is 22.3 Å². The first-order valence-electron chi connectivity index (χ1n) is 32.0. The molecule has 32 nitrogen and oxygen atoms in total. The number of benzene rings is 8. The molecule has 0 aliphatic carbocycles. The number of aromatic nitrogens is 6. The molecule has 4 amide bonds. The van der Waals surface area contributed by atoms with Gasteiger partial charge in [-0.1, -0.05) is 237 Å². The molecule has 0 atom stereocenters. The van der Waals surface area contributed by atoms with Crippen LogP contribution in [-0.4, -0.2) is 112 Å². The average Bonchev–Trinajstić information content (AvgIpc) is 1.66. The molecule has 4 aliphatic heterocycles. The molecule has 0 saturated heterocycles. The summed E-state index contributed by atoms with van der Waals surface area (Å²) in [5, 5.41) is 56.1. The van der Waals surface area contributed by atoms with Gasteiger partial charge in [0.2, 0.25) is 11.8 Å². The van der Waals surface area contributed by atoms with Crippen LogP contribution in [0.15, 0.2) is 204 Å². The van der Waals surface area contributed by atoms with Gasteiger partial charge in [-0.05, 0) is 62.1 Å². The number of halogens is 9. The number of carboxylic acid groups (broad SMARTS) is 4. The van der Waals surface area contributed by atoms with Crippen LogP contribution in [0.3, 0.4) is 0 Å². The van der Waals surface area contributed by atoms with Crippen molar-refractivity contribution in [3.63, 3.8) is 0 Å². The van der Waals surface area contributed by atoms with Crippen LogP contribution in [0.5, 0.6) is 0 Å². The normalized spacial score (nSPS) is 11.4. The van der Waals surface area contributed by atoms with Crippen LogP contribution in [0.2, 0.25) is 0 Å². The summed E-state index contributed by atoms with van der Waals surface area (Å²) in [4.78, 5) is 99.5. The first kappa shape index (κ1) is 115. The van der Waals surface area contributed by atoms with Crippen molar-refractivity contribution in [2.45, 2.75) is 53.1 Å². The Kier molecular flexibility index (Phi) is 61.9. The summed E-state index contributed by atoms with van der Waals surface area (Å²) < 4.78 is 2.78. The molecule has 12 N–H and O–H groups in total. The number of hydrogen-bond donors (Lipinski definition) is 4. The van der Waals surface area contributed by atoms with Crippen molar-refractivity contribution in [2.75, 3.05) is 32.7 Å². The summed E-state index contributed by atoms with van der Waals surface area (Å²) in [6.45, 7) is 3.51. The fourth-order valence-electron chi connectivity index (χ4n) is 11.3. The number of fused-ring (bicyclic) bond motifs is 14. The molecule has 0 saturated carbocycles. The number of carbonyl (C=O) groups is 6. The minimum Gasteiger partial charge on any atom is -0.693 e. The molecular weight excluding hydrogens is 2710 g/mol. The molecule has 45 heteroatoms. The number of rotatable bonds is 10. The third-order valence-electron chi connectivity index (χ3n) is 15.8. The molecule has 119 heavy (non-hydrogen) atoms. The summed E-state index contributed by atoms with van der Waals surface area (Å²) in [5.41, 5.74) is 32.3. The van der Waals surface area contributed by atoms with Gasteiger partial charge in [-0.2, -0.15) is 0 Å². The van der Waals surface area contributed by atoms with Crippen molar-refractivity contribution in [1.29, 1.82) is 0 Å². The van der Waals surface area contributed by atoms with Gasteiger partial charge in [0.25, 0.3) is 0 Å². The maximum atomic E-state index is 12.3. The molecule has 630 valence electrons. The van der Waals surface area contributed by atoms with E-state index in [0.717, 1.165) is 67.1 Å². The first-order valence-corrected chi connectivity index (χ1v) is 62.1. The Morgan fingerprint density at radius 1 is 0.437 bits per heavy atom. The molecule has 0 bridgehead atoms. The van der Waals surface area contributed by atoms with Crippen molar-refractivity contribution in [2.24, 2.45) is 10.2 Å². The molecule has 0 spiro atoms. The maximum absolute atomic E-state index is 12.3. The van der Waals surface area contributed by atoms with E-state index in [4.69, 9.17) is 58.9 Å². The molecule has 0 fully saturated rings. The van der Waals surface area contributed by atoms with E-state index in [9.17, 15) is 48.6 Å². The molecule has 6 heterocycles. The predicted octanol–water partition coefficient (Wildman–Crippen LogP) is 18.5. The fourth-order valence-corrected chi connectivity index (χ4v) is 11.3. The average molecular weight is 2780 g/mol. The summed E-state index contributed by atoms with van der Waals surface area (Å²) in [6.07, 6.45) is 12.3. The first-order chi connectivity index (χ1) is 54.7. The predicted molar refractivity (Wildman–Crippen MR) is 482 cm³/mol. The van der Waals surface area contributed by atoms with Crippen LogP contribution >= 0.6 is 112 Å². The van der Waals surface area contributed by atoms with Crippen molar-refractivity contribution < 1.29 is 170 Å². The molecule has 2 aromatic heterocycles. The largest absolute Gasteiger partial charge is 0.693 e. The Bertz CT molecular complexity index is 5070. The van der Waals surface area contributed by atoms with E-state index in [2.05, 4.69) is 152 Å². The second kappa shape index (κ2) is 64.0. The number of carboxylic acids is 4. The zero-order chi connectivity index (χ0) is 82.8. The molecular formula is C74H70Cl4I5N20O12Pt2Y2-3. The smallest absolute Gasteiger partial charge is 0.309 e. The Morgan fingerprint density at radius 2 is 0.714 bits per heavy atom. The maximum Gasteiger partial charge on any atom is 0.309 e. The summed E-state index contributed by atoms with van der Waals surface area (Å²) in [5.74, 6) is -4.22. The topological polar surface area (TPSA) is 523 Å². The minimum absolute atomic E-state index is 0. The number of aliphatic carboxylic acids is 4. The standard InChI is InChI=1S/C19H16N4O3.C18H13N4O3.C17H15NO.C16H12NO.2C2H3N3O2.4ClH.I3.I2.4H2N.2Pt.2Y/c1-12(24)22-10-13-6-2-3-7-14(13)19-18(15-8-4-5-9-16(15)22)20-21-23(19)11-17(25)26;23-11-21-9-12-5-1-2-6-13(12)18-17(14-7-3-4-8-15(14)21)19-20-22(18)10-16(24)25;1-13(19)18-12-16-8-3-2-6-14(16)10-11-15-7-4-5-9-17(15)18;18-12-17-11-15-7-2-1-5-13(15)9-10-14-6-3-4-8-16(14)17;2*3-5-4-1-2(6)7;;;;;1-3-2;1-2;;;;;;;;/h2-9H,10-11H2,1H3,(H,25,26);1-8H,9-10H2,(H,24,25);2-11H,12H2,1H3;1-10H,11H2;2*1H2,(H,6,7);4*1H;;;4*1H2;;;;/q;-1;;-1;;;;;;;-1;;4*-1;2*+4;;/p-4/b;;11-10-;10-9-;;;;;;;;;;;;;;;;. The number of amides is 4. The third-order valence-corrected chi connectivity index (χ3v) is 15.8. The van der Waals surface area contributed by atoms with Gasteiger partial charge in [0.1, 0.15) is 37.6 Å². The van der Waals surface area contributed by atoms with Gasteiger partial charge < -0.3 is 74.2 Å². The monoisotopic (exact) mass is 2770 g/mol. The van der Waals surface area contributed by atoms with Gasteiger partial charge in [0.05, 0.1) is 48.7 Å². The van der Waals surface area contributed by atoms with Gasteiger partial charge in [0, 0.05) is 156 Å². The van der Waals surface area contributed by atoms with E-state index in [1.807, 2.05) is 200 Å². The summed E-state index contributed by atoms with van der Waals surface area (Å²) in [6, 6.07) is 62.1. The van der Waals surface area contributed by atoms with E-state index in [0.29, 0.717) is 73.5 Å². The number of carbonyl (C=O) groups excluding carboxylic acids is 4. The number of nitrogens with zero attached hydrogens (tertiary/aromatic N) is 16. The van der Waals surface area contributed by atoms with Gasteiger partial charge in [-0.3, -0.25) is 28.8 Å². The van der Waals surface area contributed by atoms with Crippen LogP contribution in [0, 0.1) is 0 Å². The van der Waals surface area contributed by atoms with E-state index >= 15 is 0 Å². The van der Waals surface area contributed by atoms with E-state index in [1.165, 1.54) is 32.3 Å². The number of hydrogen-bond acceptors (Lipinski definition) is 14. The quantitative estimate of drug-likeness (QED) is 0.0325. The molecule has 14 rings (SSSR count). The Morgan fingerprint density at radius 3 is 1.09 bits per heavy atom. The molecule has 4 aliphatic rings. The van der Waals surface area contributed by atoms with Crippen molar-refractivity contribution in [1.82, 2.24) is 30.0 Å². The number of azide groups is 2. The van der Waals surface area contributed by atoms with Crippen LogP contribution in [0.25, 0.3) is 115 Å². The van der Waals surface area contributed by atoms with Crippen molar-refractivity contribution >= 4 is 208 Å². The van der Waals surface area contributed by atoms with Crippen LogP contribution in [0.4, 0.5) is 22.7 Å².